The normalized spacial score (nSPS) is 31.1. The van der Waals surface area contributed by atoms with Gasteiger partial charge in [-0.05, 0) is 57.0 Å². The van der Waals surface area contributed by atoms with Crippen molar-refractivity contribution in [3.8, 4) is 0 Å². The summed E-state index contributed by atoms with van der Waals surface area (Å²) in [4.78, 5) is 0. The number of allylic oxidation sites excluding steroid dienone is 2. The van der Waals surface area contributed by atoms with Gasteiger partial charge in [0.25, 0.3) is 0 Å². The molecule has 0 radical (unpaired) electrons. The summed E-state index contributed by atoms with van der Waals surface area (Å²) < 4.78 is 0. The lowest BCUT2D eigenvalue weighted by molar-refractivity contribution is 0.308. The summed E-state index contributed by atoms with van der Waals surface area (Å²) in [6, 6.07) is 0. The quantitative estimate of drug-likeness (QED) is 0.464. The van der Waals surface area contributed by atoms with Gasteiger partial charge in [0.1, 0.15) is 0 Å². The summed E-state index contributed by atoms with van der Waals surface area (Å²) in [5, 5.41) is 0. The average Bonchev–Trinajstić information content (AvgIpc) is 2.04. The highest BCUT2D eigenvalue weighted by Crippen LogP contribution is 2.34. The molecule has 0 saturated heterocycles. The third kappa shape index (κ3) is 3.81. The van der Waals surface area contributed by atoms with E-state index < -0.39 is 0 Å². The molecule has 1 rings (SSSR count). The topological polar surface area (TPSA) is 0 Å². The molecule has 0 nitrogen and oxygen atoms in total. The smallest absolute Gasteiger partial charge is 0.0231 e. The van der Waals surface area contributed by atoms with Gasteiger partial charge >= 0.3 is 0 Å². The maximum Gasteiger partial charge on any atom is -0.0231 e. The molecule has 2 atom stereocenters. The molecule has 0 aromatic carbocycles. The molecule has 76 valence electrons. The SMILES string of the molecule is CC(C)=CC1CCC([C@@H](C)P)CC1. The minimum atomic E-state index is 0.813. The molecular weight excluding hydrogens is 175 g/mol. The van der Waals surface area contributed by atoms with Crippen molar-refractivity contribution in [2.24, 2.45) is 11.8 Å². The Hall–Kier alpha value is 0.170. The fraction of sp³-hybridized carbons (Fsp3) is 0.833. The van der Waals surface area contributed by atoms with Crippen LogP contribution in [0.1, 0.15) is 46.5 Å². The molecule has 1 fully saturated rings. The van der Waals surface area contributed by atoms with Crippen molar-refractivity contribution in [1.82, 2.24) is 0 Å². The zero-order chi connectivity index (χ0) is 9.84. The standard InChI is InChI=1S/C12H23P/c1-9(2)8-11-4-6-12(7-5-11)10(3)13/h8,10-12H,4-7,13H2,1-3H3/t10-,11?,12?/m1/s1. The van der Waals surface area contributed by atoms with Crippen molar-refractivity contribution in [3.05, 3.63) is 11.6 Å². The van der Waals surface area contributed by atoms with Crippen LogP contribution in [0.15, 0.2) is 11.6 Å². The van der Waals surface area contributed by atoms with Gasteiger partial charge in [0.15, 0.2) is 0 Å². The maximum absolute atomic E-state index is 2.96. The number of rotatable bonds is 2. The van der Waals surface area contributed by atoms with Crippen LogP contribution in [0.3, 0.4) is 0 Å². The van der Waals surface area contributed by atoms with Crippen molar-refractivity contribution in [1.29, 1.82) is 0 Å². The lowest BCUT2D eigenvalue weighted by Crippen LogP contribution is -2.19. The van der Waals surface area contributed by atoms with E-state index in [-0.39, 0.29) is 0 Å². The van der Waals surface area contributed by atoms with Crippen LogP contribution in [0.2, 0.25) is 0 Å². The zero-order valence-corrected chi connectivity index (χ0v) is 10.4. The number of hydrogen-bond acceptors (Lipinski definition) is 0. The van der Waals surface area contributed by atoms with Gasteiger partial charge in [-0.25, -0.2) is 0 Å². The summed E-state index contributed by atoms with van der Waals surface area (Å²) in [5.41, 5.74) is 2.30. The van der Waals surface area contributed by atoms with E-state index in [0.717, 1.165) is 17.5 Å². The predicted molar refractivity (Wildman–Crippen MR) is 64.1 cm³/mol. The van der Waals surface area contributed by atoms with Crippen LogP contribution in [-0.4, -0.2) is 5.66 Å². The van der Waals surface area contributed by atoms with E-state index in [2.05, 4.69) is 36.1 Å². The van der Waals surface area contributed by atoms with Gasteiger partial charge in [0.2, 0.25) is 0 Å². The van der Waals surface area contributed by atoms with Crippen molar-refractivity contribution in [2.75, 3.05) is 0 Å². The molecule has 0 spiro atoms. The number of hydrogen-bond donors (Lipinski definition) is 0. The second-order valence-corrected chi connectivity index (χ2v) is 5.83. The summed E-state index contributed by atoms with van der Waals surface area (Å²) in [6.07, 6.45) is 8.14. The summed E-state index contributed by atoms with van der Waals surface area (Å²) in [7, 11) is 2.96. The molecule has 0 amide bonds. The average molecular weight is 198 g/mol. The molecular formula is C12H23P. The molecule has 13 heavy (non-hydrogen) atoms. The van der Waals surface area contributed by atoms with Crippen LogP contribution in [0.4, 0.5) is 0 Å². The van der Waals surface area contributed by atoms with Crippen molar-refractivity contribution < 1.29 is 0 Å². The second-order valence-electron chi connectivity index (χ2n) is 4.78. The molecule has 1 aliphatic rings. The largest absolute Gasteiger partial charge is 0.134 e. The fourth-order valence-corrected chi connectivity index (χ4v) is 2.69. The molecule has 0 aliphatic heterocycles. The molecule has 1 unspecified atom stereocenters. The van der Waals surface area contributed by atoms with Gasteiger partial charge in [-0.15, -0.1) is 9.24 Å². The van der Waals surface area contributed by atoms with Crippen LogP contribution in [0.25, 0.3) is 0 Å². The van der Waals surface area contributed by atoms with Gasteiger partial charge in [0, 0.05) is 0 Å². The summed E-state index contributed by atoms with van der Waals surface area (Å²) in [6.45, 7) is 6.76. The lowest BCUT2D eigenvalue weighted by Gasteiger charge is -2.29. The second kappa shape index (κ2) is 5.15. The van der Waals surface area contributed by atoms with Crippen LogP contribution in [-0.2, 0) is 0 Å². The highest BCUT2D eigenvalue weighted by atomic mass is 31.0. The predicted octanol–water partition coefficient (Wildman–Crippen LogP) is 4.02. The van der Waals surface area contributed by atoms with Gasteiger partial charge in [-0.3, -0.25) is 0 Å². The van der Waals surface area contributed by atoms with Gasteiger partial charge < -0.3 is 0 Å². The van der Waals surface area contributed by atoms with Crippen LogP contribution in [0, 0.1) is 11.8 Å². The molecule has 0 N–H and O–H groups in total. The monoisotopic (exact) mass is 198 g/mol. The first-order valence-electron chi connectivity index (χ1n) is 5.50. The fourth-order valence-electron chi connectivity index (χ4n) is 2.31. The van der Waals surface area contributed by atoms with Crippen molar-refractivity contribution in [2.45, 2.75) is 52.1 Å². The van der Waals surface area contributed by atoms with Gasteiger partial charge in [0.05, 0.1) is 0 Å². The Balaban J connectivity index is 2.35. The minimum Gasteiger partial charge on any atom is -0.134 e. The Morgan fingerprint density at radius 3 is 2.15 bits per heavy atom. The molecule has 0 aromatic heterocycles. The summed E-state index contributed by atoms with van der Waals surface area (Å²) >= 11 is 0. The van der Waals surface area contributed by atoms with Crippen molar-refractivity contribution >= 4 is 9.24 Å². The van der Waals surface area contributed by atoms with Crippen molar-refractivity contribution in [3.63, 3.8) is 0 Å². The minimum absolute atomic E-state index is 0.813. The highest BCUT2D eigenvalue weighted by molar-refractivity contribution is 7.17. The zero-order valence-electron chi connectivity index (χ0n) is 9.22. The van der Waals surface area contributed by atoms with Crippen LogP contribution < -0.4 is 0 Å². The molecule has 0 bridgehead atoms. The lowest BCUT2D eigenvalue weighted by atomic mass is 9.80. The third-order valence-corrected chi connectivity index (χ3v) is 3.67. The molecule has 0 heterocycles. The third-order valence-electron chi connectivity index (χ3n) is 3.13. The van der Waals surface area contributed by atoms with Gasteiger partial charge in [-0.1, -0.05) is 18.6 Å². The Morgan fingerprint density at radius 1 is 1.23 bits per heavy atom. The summed E-state index contributed by atoms with van der Waals surface area (Å²) in [5.74, 6) is 1.84. The van der Waals surface area contributed by atoms with Gasteiger partial charge in [-0.2, -0.15) is 0 Å². The molecule has 1 heteroatoms. The Bertz CT molecular complexity index is 170. The van der Waals surface area contributed by atoms with E-state index in [9.17, 15) is 0 Å². The van der Waals surface area contributed by atoms with E-state index >= 15 is 0 Å². The van der Waals surface area contributed by atoms with Crippen LogP contribution >= 0.6 is 9.24 Å². The van der Waals surface area contributed by atoms with E-state index in [0.29, 0.717) is 0 Å². The highest BCUT2D eigenvalue weighted by Gasteiger charge is 2.21. The molecule has 1 aliphatic carbocycles. The first-order chi connectivity index (χ1) is 6.09. The Kier molecular flexibility index (Phi) is 4.46. The Morgan fingerprint density at radius 2 is 1.77 bits per heavy atom. The van der Waals surface area contributed by atoms with E-state index in [1.165, 1.54) is 31.3 Å². The molecule has 0 aromatic rings. The maximum atomic E-state index is 2.96. The first kappa shape index (κ1) is 11.2. The van der Waals surface area contributed by atoms with E-state index in [1.807, 2.05) is 0 Å². The first-order valence-corrected chi connectivity index (χ1v) is 6.17. The van der Waals surface area contributed by atoms with Crippen LogP contribution in [0.5, 0.6) is 0 Å². The molecule has 1 saturated carbocycles. The Labute approximate surface area is 85.4 Å². The van der Waals surface area contributed by atoms with E-state index in [1.54, 1.807) is 0 Å². The van der Waals surface area contributed by atoms with E-state index in [4.69, 9.17) is 0 Å².